The highest BCUT2D eigenvalue weighted by Crippen LogP contribution is 2.33. The minimum absolute atomic E-state index is 0. The molecule has 0 fully saturated rings. The molecule has 0 saturated carbocycles. The molecule has 3 aliphatic carbocycles. The van der Waals surface area contributed by atoms with E-state index < -0.39 is 0 Å². The van der Waals surface area contributed by atoms with Crippen LogP contribution in [0.4, 0.5) is 0 Å². The molecule has 0 saturated heterocycles. The molecule has 0 unspecified atom stereocenters. The van der Waals surface area contributed by atoms with E-state index in [9.17, 15) is 4.79 Å². The van der Waals surface area contributed by atoms with Crippen LogP contribution < -0.4 is 0 Å². The van der Waals surface area contributed by atoms with Crippen LogP contribution in [0.2, 0.25) is 0 Å². The van der Waals surface area contributed by atoms with E-state index in [2.05, 4.69) is 42.1 Å². The lowest BCUT2D eigenvalue weighted by molar-refractivity contribution is -0.111. The highest BCUT2D eigenvalue weighted by Gasteiger charge is 2.27. The molecule has 3 aliphatic rings. The Labute approximate surface area is 158 Å². The van der Waals surface area contributed by atoms with Crippen molar-refractivity contribution < 1.29 is 7.65 Å². The summed E-state index contributed by atoms with van der Waals surface area (Å²) < 4.78 is 0. The smallest absolute Gasteiger partial charge is 0.189 e. The first-order valence-corrected chi connectivity index (χ1v) is 9.01. The van der Waals surface area contributed by atoms with Gasteiger partial charge in [-0.1, -0.05) is 54.6 Å². The molecule has 0 bridgehead atoms. The summed E-state index contributed by atoms with van der Waals surface area (Å²) in [6.45, 7) is 0. The van der Waals surface area contributed by atoms with Crippen molar-refractivity contribution in [3.05, 3.63) is 125 Å². The van der Waals surface area contributed by atoms with Crippen LogP contribution in [0.5, 0.6) is 0 Å². The summed E-state index contributed by atoms with van der Waals surface area (Å²) in [5, 5.41) is 0. The predicted octanol–water partition coefficient (Wildman–Crippen LogP) is 5.86. The quantitative estimate of drug-likeness (QED) is 0.448. The van der Waals surface area contributed by atoms with Gasteiger partial charge in [0.1, 0.15) is 0 Å². The molecule has 130 valence electrons. The lowest BCUT2D eigenvalue weighted by atomic mass is 9.96. The second-order valence-corrected chi connectivity index (χ2v) is 6.65. The van der Waals surface area contributed by atoms with Gasteiger partial charge in [-0.05, 0) is 59.8 Å². The zero-order chi connectivity index (χ0) is 17.8. The van der Waals surface area contributed by atoms with Crippen molar-refractivity contribution >= 4 is 5.78 Å². The number of ketones is 1. The van der Waals surface area contributed by atoms with Crippen molar-refractivity contribution in [1.82, 2.24) is 0 Å². The Kier molecular flexibility index (Phi) is 4.82. The Balaban J connectivity index is 0.00000140. The van der Waals surface area contributed by atoms with E-state index in [0.29, 0.717) is 0 Å². The summed E-state index contributed by atoms with van der Waals surface area (Å²) in [6, 6.07) is 10.5. The fourth-order valence-electron chi connectivity index (χ4n) is 2.97. The Morgan fingerprint density at radius 2 is 1.81 bits per heavy atom. The van der Waals surface area contributed by atoms with Gasteiger partial charge in [-0.2, -0.15) is 0 Å². The van der Waals surface area contributed by atoms with Gasteiger partial charge in [0, 0.05) is 26.8 Å². The van der Waals surface area contributed by atoms with Gasteiger partial charge in [0.2, 0.25) is 0 Å². The average Bonchev–Trinajstić information content (AvgIpc) is 3.53. The normalized spacial score (nSPS) is 22.2. The Bertz CT molecular complexity index is 950. The van der Waals surface area contributed by atoms with Gasteiger partial charge in [-0.15, -0.1) is 5.73 Å². The Hall–Kier alpha value is -2.89. The molecule has 26 heavy (non-hydrogen) atoms. The molecule has 1 heteroatoms. The minimum atomic E-state index is 0. The van der Waals surface area contributed by atoms with Crippen LogP contribution >= 0.6 is 0 Å². The third-order valence-corrected chi connectivity index (χ3v) is 4.58. The first kappa shape index (κ1) is 16.6. The molecule has 4 rings (SSSR count). The summed E-state index contributed by atoms with van der Waals surface area (Å²) in [4.78, 5) is 12.5. The van der Waals surface area contributed by atoms with Gasteiger partial charge in [0.05, 0.1) is 0 Å². The van der Waals surface area contributed by atoms with Crippen molar-refractivity contribution in [1.29, 1.82) is 0 Å². The fraction of sp³-hybridized carbons (Fsp3) is 0.120. The molecule has 1 nitrogen and oxygen atoms in total. The molecule has 0 aliphatic heterocycles. The monoisotopic (exact) mass is 340 g/mol. The summed E-state index contributed by atoms with van der Waals surface area (Å²) >= 11 is 0. The molecule has 0 heterocycles. The van der Waals surface area contributed by atoms with E-state index in [4.69, 9.17) is 0 Å². The highest BCUT2D eigenvalue weighted by atomic mass is 16.1. The van der Waals surface area contributed by atoms with Gasteiger partial charge in [-0.3, -0.25) is 4.79 Å². The number of hydrogen-bond donors (Lipinski definition) is 0. The molecular weight excluding hydrogens is 316 g/mol. The number of Topliss-reactive ketones (excluding diaryl/α,β-unsaturated/α-hetero) is 1. The number of aryl methyl sites for hydroxylation is 1. The van der Waals surface area contributed by atoms with Gasteiger partial charge >= 0.3 is 0 Å². The van der Waals surface area contributed by atoms with E-state index >= 15 is 0 Å². The highest BCUT2D eigenvalue weighted by molar-refractivity contribution is 6.17. The number of carbonyl (C=O) groups excluding carboxylic acids is 1. The van der Waals surface area contributed by atoms with Crippen LogP contribution in [-0.4, -0.2) is 5.78 Å². The maximum absolute atomic E-state index is 12.5. The molecular formula is C25H24O. The number of allylic oxidation sites excluding steroid dienone is 11. The molecule has 2 radical (unpaired) electrons. The van der Waals surface area contributed by atoms with Crippen LogP contribution in [0.15, 0.2) is 106 Å². The summed E-state index contributed by atoms with van der Waals surface area (Å²) in [5.74, 6) is 0.127. The van der Waals surface area contributed by atoms with Crippen molar-refractivity contribution in [2.75, 3.05) is 0 Å². The molecule has 0 N–H and O–H groups in total. The zero-order valence-corrected chi connectivity index (χ0v) is 14.6. The predicted molar refractivity (Wildman–Crippen MR) is 110 cm³/mol. The summed E-state index contributed by atoms with van der Waals surface area (Å²) in [5.41, 5.74) is 9.63. The van der Waals surface area contributed by atoms with E-state index in [-0.39, 0.29) is 8.64 Å². The Morgan fingerprint density at radius 3 is 2.54 bits per heavy atom. The number of carbonyl (C=O) groups is 1. The lowest BCUT2D eigenvalue weighted by Gasteiger charge is -2.08. The molecule has 0 spiro atoms. The summed E-state index contributed by atoms with van der Waals surface area (Å²) in [7, 11) is 0. The third kappa shape index (κ3) is 4.39. The van der Waals surface area contributed by atoms with Crippen LogP contribution in [-0.2, 0) is 11.2 Å². The number of hydrogen-bond acceptors (Lipinski definition) is 1. The second-order valence-electron chi connectivity index (χ2n) is 6.65. The first-order valence-electron chi connectivity index (χ1n) is 9.01. The Morgan fingerprint density at radius 1 is 1.04 bits per heavy atom. The molecule has 1 aromatic carbocycles. The summed E-state index contributed by atoms with van der Waals surface area (Å²) in [6.07, 6.45) is 20.9. The lowest BCUT2D eigenvalue weighted by Crippen LogP contribution is -2.01. The fourth-order valence-corrected chi connectivity index (χ4v) is 2.97. The van der Waals surface area contributed by atoms with E-state index in [0.717, 1.165) is 41.6 Å². The number of rotatable bonds is 7. The van der Waals surface area contributed by atoms with E-state index in [1.165, 1.54) is 11.1 Å². The molecule has 0 atom stereocenters. The largest absolute Gasteiger partial charge is 0.289 e. The van der Waals surface area contributed by atoms with Crippen LogP contribution in [0, 0.1) is 12.8 Å². The number of benzene rings is 1. The van der Waals surface area contributed by atoms with Crippen molar-refractivity contribution in [2.45, 2.75) is 19.3 Å². The second kappa shape index (κ2) is 7.56. The maximum atomic E-state index is 12.5. The SMILES string of the molecule is O=C(C1=C[CH]1)/C(=C/C1=C/C(CCc2ccccc2)=C\C=C=CC1)C1=C[CH]1.[HH].[HH]. The maximum Gasteiger partial charge on any atom is 0.189 e. The van der Waals surface area contributed by atoms with Gasteiger partial charge in [-0.25, -0.2) is 0 Å². The van der Waals surface area contributed by atoms with Crippen molar-refractivity contribution in [2.24, 2.45) is 0 Å². The molecule has 0 amide bonds. The van der Waals surface area contributed by atoms with E-state index in [1.54, 1.807) is 0 Å². The zero-order valence-electron chi connectivity index (χ0n) is 14.6. The molecule has 1 aromatic rings. The van der Waals surface area contributed by atoms with Crippen LogP contribution in [0.25, 0.3) is 0 Å². The van der Waals surface area contributed by atoms with Gasteiger partial charge in [0.15, 0.2) is 5.78 Å². The average molecular weight is 340 g/mol. The topological polar surface area (TPSA) is 17.1 Å². The van der Waals surface area contributed by atoms with Gasteiger partial charge in [0.25, 0.3) is 0 Å². The third-order valence-electron chi connectivity index (χ3n) is 4.58. The standard InChI is InChI=1S/C25H20O.2H2/c26-25(23-15-16-23)24(22-13-14-22)18-21-10-6-2-5-9-20(17-21)12-11-19-7-3-1-4-8-19;;/h1,3-9,13-18H,10-12H2;2*1H/b20-9-,21-17+,24-18+;;. The van der Waals surface area contributed by atoms with Crippen LogP contribution in [0.1, 0.15) is 21.3 Å². The van der Waals surface area contributed by atoms with Crippen molar-refractivity contribution in [3.8, 4) is 0 Å². The van der Waals surface area contributed by atoms with Crippen LogP contribution in [0.3, 0.4) is 0 Å². The van der Waals surface area contributed by atoms with Crippen molar-refractivity contribution in [3.63, 3.8) is 0 Å². The van der Waals surface area contributed by atoms with E-state index in [1.807, 2.05) is 49.3 Å². The van der Waals surface area contributed by atoms with Gasteiger partial charge < -0.3 is 0 Å². The molecule has 0 aromatic heterocycles. The first-order chi connectivity index (χ1) is 12.8. The minimum Gasteiger partial charge on any atom is -0.289 e.